The van der Waals surface area contributed by atoms with Gasteiger partial charge in [-0.05, 0) is 44.4 Å². The van der Waals surface area contributed by atoms with E-state index in [1.54, 1.807) is 19.9 Å². The highest BCUT2D eigenvalue weighted by atomic mass is 16.5. The lowest BCUT2D eigenvalue weighted by Crippen LogP contribution is -2.36. The minimum Gasteiger partial charge on any atom is -0.468 e. The first-order valence-corrected chi connectivity index (χ1v) is 5.84. The molecule has 0 aliphatic heterocycles. The van der Waals surface area contributed by atoms with E-state index in [-0.39, 0.29) is 17.5 Å². The quantitative estimate of drug-likeness (QED) is 0.567. The van der Waals surface area contributed by atoms with Crippen LogP contribution in [0.3, 0.4) is 0 Å². The number of allylic oxidation sites excluding steroid dienone is 3. The second-order valence-corrected chi connectivity index (χ2v) is 4.73. The summed E-state index contributed by atoms with van der Waals surface area (Å²) in [6.45, 7) is 4.85. The molecule has 1 aliphatic carbocycles. The minimum absolute atomic E-state index is 0.0135. The summed E-state index contributed by atoms with van der Waals surface area (Å²) < 4.78 is 4.81. The summed E-state index contributed by atoms with van der Waals surface area (Å²) >= 11 is 0. The lowest BCUT2D eigenvalue weighted by Gasteiger charge is -2.32. The van der Waals surface area contributed by atoms with Crippen LogP contribution in [0, 0.1) is 5.41 Å². The van der Waals surface area contributed by atoms with Gasteiger partial charge in [0.05, 0.1) is 12.5 Å². The number of Topliss-reactive ketones (excluding diaryl/α,β-unsaturated/α-hetero) is 1. The van der Waals surface area contributed by atoms with Gasteiger partial charge in [-0.2, -0.15) is 0 Å². The summed E-state index contributed by atoms with van der Waals surface area (Å²) in [5.41, 5.74) is 0.269. The van der Waals surface area contributed by atoms with Crippen molar-refractivity contribution in [3.05, 3.63) is 23.3 Å². The lowest BCUT2D eigenvalue weighted by molar-refractivity contribution is -0.150. The lowest BCUT2D eigenvalue weighted by atomic mass is 9.70. The first-order chi connectivity index (χ1) is 8.32. The topological polar surface area (TPSA) is 60.4 Å². The number of ether oxygens (including phenoxy) is 1. The van der Waals surface area contributed by atoms with E-state index in [9.17, 15) is 14.4 Å². The van der Waals surface area contributed by atoms with Gasteiger partial charge in [-0.3, -0.25) is 14.4 Å². The summed E-state index contributed by atoms with van der Waals surface area (Å²) in [5.74, 6) is -0.488. The van der Waals surface area contributed by atoms with Crippen LogP contribution in [0.1, 0.15) is 33.6 Å². The van der Waals surface area contributed by atoms with Crippen molar-refractivity contribution in [2.75, 3.05) is 7.11 Å². The Labute approximate surface area is 107 Å². The third-order valence-electron chi connectivity index (χ3n) is 3.39. The largest absolute Gasteiger partial charge is 0.468 e. The summed E-state index contributed by atoms with van der Waals surface area (Å²) in [7, 11) is 1.33. The molecule has 0 unspecified atom stereocenters. The number of carbonyl (C=O) groups is 3. The Kier molecular flexibility index (Phi) is 4.22. The normalized spacial score (nSPS) is 24.6. The fourth-order valence-corrected chi connectivity index (χ4v) is 2.20. The maximum absolute atomic E-state index is 11.9. The van der Waals surface area contributed by atoms with Crippen molar-refractivity contribution >= 4 is 17.5 Å². The number of esters is 1. The third-order valence-corrected chi connectivity index (χ3v) is 3.39. The van der Waals surface area contributed by atoms with Crippen molar-refractivity contribution in [2.45, 2.75) is 33.6 Å². The fourth-order valence-electron chi connectivity index (χ4n) is 2.20. The van der Waals surface area contributed by atoms with Crippen LogP contribution in [0.25, 0.3) is 0 Å². The van der Waals surface area contributed by atoms with Gasteiger partial charge in [0, 0.05) is 6.42 Å². The average Bonchev–Trinajstić information content (AvgIpc) is 2.32. The molecule has 0 N–H and O–H groups in total. The molecular formula is C14H18O4. The zero-order valence-corrected chi connectivity index (χ0v) is 11.2. The molecule has 98 valence electrons. The molecule has 0 saturated heterocycles. The molecule has 1 rings (SSSR count). The summed E-state index contributed by atoms with van der Waals surface area (Å²) in [4.78, 5) is 34.6. The van der Waals surface area contributed by atoms with Gasteiger partial charge >= 0.3 is 5.97 Å². The molecule has 0 heterocycles. The van der Waals surface area contributed by atoms with Gasteiger partial charge in [0.15, 0.2) is 11.6 Å². The van der Waals surface area contributed by atoms with Crippen molar-refractivity contribution in [3.8, 4) is 0 Å². The van der Waals surface area contributed by atoms with Crippen LogP contribution in [0.5, 0.6) is 0 Å². The molecule has 18 heavy (non-hydrogen) atoms. The van der Waals surface area contributed by atoms with E-state index >= 15 is 0 Å². The second kappa shape index (κ2) is 5.29. The molecule has 0 aromatic rings. The molecule has 0 amide bonds. The second-order valence-electron chi connectivity index (χ2n) is 4.73. The third kappa shape index (κ3) is 2.58. The predicted molar refractivity (Wildman–Crippen MR) is 66.9 cm³/mol. The molecule has 4 heteroatoms. The van der Waals surface area contributed by atoms with E-state index in [0.29, 0.717) is 24.0 Å². The number of methoxy groups -OCH3 is 1. The van der Waals surface area contributed by atoms with E-state index in [4.69, 9.17) is 4.74 Å². The Hall–Kier alpha value is -1.71. The average molecular weight is 250 g/mol. The van der Waals surface area contributed by atoms with Crippen LogP contribution >= 0.6 is 0 Å². The Balaban J connectivity index is 3.31. The van der Waals surface area contributed by atoms with E-state index in [0.717, 1.165) is 0 Å². The van der Waals surface area contributed by atoms with Crippen LogP contribution < -0.4 is 0 Å². The predicted octanol–water partition coefficient (Wildman–Crippen LogP) is 1.99. The van der Waals surface area contributed by atoms with Gasteiger partial charge in [0.2, 0.25) is 0 Å². The van der Waals surface area contributed by atoms with Crippen molar-refractivity contribution in [3.63, 3.8) is 0 Å². The zero-order valence-electron chi connectivity index (χ0n) is 11.2. The van der Waals surface area contributed by atoms with Gasteiger partial charge in [-0.1, -0.05) is 6.08 Å². The highest BCUT2D eigenvalue weighted by Gasteiger charge is 2.42. The standard InChI is InChI=1S/C14H18O4/c1-9(15)5-6-11-10(2)12(16)7-8-14(11,3)13(17)18-4/h5-6H,7-8H2,1-4H3/b6-5+/t14-/m0/s1. The number of hydrogen-bond acceptors (Lipinski definition) is 4. The first kappa shape index (κ1) is 14.4. The van der Waals surface area contributed by atoms with Crippen LogP contribution in [-0.2, 0) is 19.1 Å². The maximum atomic E-state index is 11.9. The number of hydrogen-bond donors (Lipinski definition) is 0. The molecule has 0 aromatic carbocycles. The van der Waals surface area contributed by atoms with Gasteiger partial charge in [0.1, 0.15) is 0 Å². The smallest absolute Gasteiger partial charge is 0.316 e. The van der Waals surface area contributed by atoms with Gasteiger partial charge < -0.3 is 4.74 Å². The van der Waals surface area contributed by atoms with Crippen LogP contribution in [-0.4, -0.2) is 24.6 Å². The molecule has 0 fully saturated rings. The van der Waals surface area contributed by atoms with E-state index in [1.165, 1.54) is 20.1 Å². The Morgan fingerprint density at radius 2 is 2.00 bits per heavy atom. The Morgan fingerprint density at radius 1 is 1.39 bits per heavy atom. The molecule has 0 spiro atoms. The fraction of sp³-hybridized carbons (Fsp3) is 0.500. The molecule has 0 radical (unpaired) electrons. The van der Waals surface area contributed by atoms with Crippen LogP contribution in [0.2, 0.25) is 0 Å². The first-order valence-electron chi connectivity index (χ1n) is 5.84. The Bertz CT molecular complexity index is 456. The SMILES string of the molecule is COC(=O)[C@@]1(C)CCC(=O)C(C)=C1/C=C/C(C)=O. The molecule has 0 bridgehead atoms. The van der Waals surface area contributed by atoms with Gasteiger partial charge in [-0.25, -0.2) is 0 Å². The zero-order chi connectivity index (χ0) is 13.9. The molecular weight excluding hydrogens is 232 g/mol. The van der Waals surface area contributed by atoms with Crippen LogP contribution in [0.15, 0.2) is 23.3 Å². The minimum atomic E-state index is -0.849. The highest BCUT2D eigenvalue weighted by Crippen LogP contribution is 2.40. The Morgan fingerprint density at radius 3 is 2.50 bits per heavy atom. The molecule has 1 atom stereocenters. The van der Waals surface area contributed by atoms with Crippen LogP contribution in [0.4, 0.5) is 0 Å². The van der Waals surface area contributed by atoms with Gasteiger partial charge in [-0.15, -0.1) is 0 Å². The van der Waals surface area contributed by atoms with E-state index in [1.807, 2.05) is 0 Å². The highest BCUT2D eigenvalue weighted by molar-refractivity contribution is 6.00. The monoisotopic (exact) mass is 250 g/mol. The number of rotatable bonds is 3. The van der Waals surface area contributed by atoms with E-state index < -0.39 is 5.41 Å². The molecule has 0 saturated carbocycles. The summed E-state index contributed by atoms with van der Waals surface area (Å²) in [6.07, 6.45) is 3.67. The number of carbonyl (C=O) groups excluding carboxylic acids is 3. The maximum Gasteiger partial charge on any atom is 0.316 e. The van der Waals surface area contributed by atoms with Crippen molar-refractivity contribution in [2.24, 2.45) is 5.41 Å². The van der Waals surface area contributed by atoms with E-state index in [2.05, 4.69) is 0 Å². The van der Waals surface area contributed by atoms with Gasteiger partial charge in [0.25, 0.3) is 0 Å². The number of ketones is 2. The molecule has 4 nitrogen and oxygen atoms in total. The molecule has 0 aromatic heterocycles. The van der Waals surface area contributed by atoms with Crippen molar-refractivity contribution < 1.29 is 19.1 Å². The summed E-state index contributed by atoms with van der Waals surface area (Å²) in [6, 6.07) is 0. The van der Waals surface area contributed by atoms with Crippen molar-refractivity contribution in [1.29, 1.82) is 0 Å². The molecule has 1 aliphatic rings. The van der Waals surface area contributed by atoms with Crippen molar-refractivity contribution in [1.82, 2.24) is 0 Å². The summed E-state index contributed by atoms with van der Waals surface area (Å²) in [5, 5.41) is 0.